The smallest absolute Gasteiger partial charge is 0.263 e. The van der Waals surface area contributed by atoms with E-state index in [4.69, 9.17) is 5.73 Å². The number of thiophene rings is 1. The van der Waals surface area contributed by atoms with Crippen LogP contribution in [0.4, 0.5) is 5.69 Å². The van der Waals surface area contributed by atoms with Gasteiger partial charge < -0.3 is 11.1 Å². The van der Waals surface area contributed by atoms with Crippen molar-refractivity contribution in [2.75, 3.05) is 12.8 Å². The number of aromatic nitrogens is 1. The molecule has 0 atom stereocenters. The average molecular weight is 207 g/mol. The van der Waals surface area contributed by atoms with Crippen molar-refractivity contribution in [3.05, 3.63) is 23.3 Å². The third-order valence-electron chi connectivity index (χ3n) is 1.96. The van der Waals surface area contributed by atoms with Gasteiger partial charge in [0.2, 0.25) is 0 Å². The van der Waals surface area contributed by atoms with Crippen LogP contribution < -0.4 is 11.1 Å². The van der Waals surface area contributed by atoms with Crippen molar-refractivity contribution >= 4 is 33.0 Å². The van der Waals surface area contributed by atoms with Gasteiger partial charge in [0.15, 0.2) is 0 Å². The molecule has 3 N–H and O–H groups in total. The second-order valence-electron chi connectivity index (χ2n) is 2.80. The molecule has 0 spiro atoms. The molecule has 2 aromatic rings. The second-order valence-corrected chi connectivity index (χ2v) is 3.85. The summed E-state index contributed by atoms with van der Waals surface area (Å²) in [7, 11) is 1.59. The highest BCUT2D eigenvalue weighted by atomic mass is 32.1. The number of nitrogens with two attached hydrogens (primary N) is 1. The molecule has 4 nitrogen and oxygen atoms in total. The minimum Gasteiger partial charge on any atom is -0.397 e. The van der Waals surface area contributed by atoms with Crippen molar-refractivity contribution < 1.29 is 4.79 Å². The van der Waals surface area contributed by atoms with Crippen LogP contribution in [0, 0.1) is 0 Å². The predicted octanol–water partition coefficient (Wildman–Crippen LogP) is 1.24. The van der Waals surface area contributed by atoms with Crippen LogP contribution in [-0.4, -0.2) is 17.9 Å². The number of amides is 1. The van der Waals surface area contributed by atoms with Crippen LogP contribution >= 0.6 is 11.3 Å². The molecule has 5 heteroatoms. The van der Waals surface area contributed by atoms with E-state index in [1.165, 1.54) is 11.3 Å². The summed E-state index contributed by atoms with van der Waals surface area (Å²) in [4.78, 5) is 15.9. The third-order valence-corrected chi connectivity index (χ3v) is 3.15. The highest BCUT2D eigenvalue weighted by Gasteiger charge is 2.14. The van der Waals surface area contributed by atoms with Gasteiger partial charge in [-0.3, -0.25) is 9.78 Å². The van der Waals surface area contributed by atoms with Gasteiger partial charge in [-0.15, -0.1) is 11.3 Å². The van der Waals surface area contributed by atoms with Crippen LogP contribution in [-0.2, 0) is 0 Å². The number of hydrogen-bond donors (Lipinski definition) is 2. The van der Waals surface area contributed by atoms with E-state index in [1.807, 2.05) is 6.07 Å². The summed E-state index contributed by atoms with van der Waals surface area (Å²) in [5.41, 5.74) is 6.34. The van der Waals surface area contributed by atoms with Gasteiger partial charge in [0, 0.05) is 29.5 Å². The summed E-state index contributed by atoms with van der Waals surface area (Å²) in [6.07, 6.45) is 3.36. The molecule has 14 heavy (non-hydrogen) atoms. The number of nitrogens with one attached hydrogen (secondary N) is 1. The zero-order valence-electron chi connectivity index (χ0n) is 7.57. The number of hydrogen-bond acceptors (Lipinski definition) is 4. The lowest BCUT2D eigenvalue weighted by Crippen LogP contribution is -2.17. The highest BCUT2D eigenvalue weighted by Crippen LogP contribution is 2.32. The van der Waals surface area contributed by atoms with Crippen molar-refractivity contribution in [3.8, 4) is 0 Å². The molecule has 0 aromatic carbocycles. The van der Waals surface area contributed by atoms with Crippen molar-refractivity contribution in [2.45, 2.75) is 0 Å². The number of fused-ring (bicyclic) bond motifs is 1. The normalized spacial score (nSPS) is 10.4. The molecule has 0 unspecified atom stereocenters. The van der Waals surface area contributed by atoms with Crippen molar-refractivity contribution in [1.82, 2.24) is 10.3 Å². The molecule has 2 aromatic heterocycles. The lowest BCUT2D eigenvalue weighted by molar-refractivity contribution is 0.0968. The molecule has 72 valence electrons. The second kappa shape index (κ2) is 3.26. The first kappa shape index (κ1) is 8.96. The number of nitrogens with zero attached hydrogens (tertiary/aromatic N) is 1. The maximum Gasteiger partial charge on any atom is 0.263 e. The summed E-state index contributed by atoms with van der Waals surface area (Å²) in [5, 5.41) is 3.40. The lowest BCUT2D eigenvalue weighted by atomic mass is 10.2. The SMILES string of the molecule is CNC(=O)c1sc2ccncc2c1N. The van der Waals surface area contributed by atoms with Gasteiger partial charge in [0.1, 0.15) is 4.88 Å². The van der Waals surface area contributed by atoms with Gasteiger partial charge >= 0.3 is 0 Å². The third kappa shape index (κ3) is 1.22. The summed E-state index contributed by atoms with van der Waals surface area (Å²) in [6, 6.07) is 1.85. The number of anilines is 1. The van der Waals surface area contributed by atoms with Gasteiger partial charge in [-0.1, -0.05) is 0 Å². The standard InChI is InChI=1S/C9H9N3OS/c1-11-9(13)8-7(10)5-4-12-3-2-6(5)14-8/h2-4H,10H2,1H3,(H,11,13). The first-order valence-electron chi connectivity index (χ1n) is 4.08. The Balaban J connectivity index is 2.68. The molecular formula is C9H9N3OS. The Morgan fingerprint density at radius 2 is 2.43 bits per heavy atom. The zero-order chi connectivity index (χ0) is 10.1. The first-order valence-corrected chi connectivity index (χ1v) is 4.89. The Morgan fingerprint density at radius 1 is 1.64 bits per heavy atom. The topological polar surface area (TPSA) is 68.0 Å². The highest BCUT2D eigenvalue weighted by molar-refractivity contribution is 7.21. The molecule has 0 bridgehead atoms. The molecule has 0 fully saturated rings. The molecule has 0 saturated heterocycles. The lowest BCUT2D eigenvalue weighted by Gasteiger charge is -1.95. The fraction of sp³-hybridized carbons (Fsp3) is 0.111. The molecule has 0 aliphatic carbocycles. The maximum absolute atomic E-state index is 11.4. The van der Waals surface area contributed by atoms with Gasteiger partial charge in [0.05, 0.1) is 5.69 Å². The van der Waals surface area contributed by atoms with Crippen LogP contribution in [0.3, 0.4) is 0 Å². The molecule has 1 amide bonds. The van der Waals surface area contributed by atoms with Crippen molar-refractivity contribution in [1.29, 1.82) is 0 Å². The fourth-order valence-electron chi connectivity index (χ4n) is 1.24. The van der Waals surface area contributed by atoms with E-state index < -0.39 is 0 Å². The maximum atomic E-state index is 11.4. The van der Waals surface area contributed by atoms with Crippen LogP contribution in [0.1, 0.15) is 9.67 Å². The molecule has 0 aliphatic rings. The van der Waals surface area contributed by atoms with E-state index in [1.54, 1.807) is 19.4 Å². The first-order chi connectivity index (χ1) is 6.74. The van der Waals surface area contributed by atoms with E-state index >= 15 is 0 Å². The molecule has 2 heterocycles. The quantitative estimate of drug-likeness (QED) is 0.739. The number of pyridine rings is 1. The summed E-state index contributed by atoms with van der Waals surface area (Å²) < 4.78 is 0.983. The average Bonchev–Trinajstić information content (AvgIpc) is 2.56. The Bertz CT molecular complexity index is 492. The number of carbonyl (C=O) groups excluding carboxylic acids is 1. The van der Waals surface area contributed by atoms with Gasteiger partial charge in [-0.05, 0) is 6.07 Å². The van der Waals surface area contributed by atoms with E-state index in [0.717, 1.165) is 10.1 Å². The minimum absolute atomic E-state index is 0.149. The monoisotopic (exact) mass is 207 g/mol. The van der Waals surface area contributed by atoms with E-state index in [2.05, 4.69) is 10.3 Å². The summed E-state index contributed by atoms with van der Waals surface area (Å²) in [5.74, 6) is -0.149. The van der Waals surface area contributed by atoms with Crippen molar-refractivity contribution in [3.63, 3.8) is 0 Å². The molecule has 0 aliphatic heterocycles. The van der Waals surface area contributed by atoms with Gasteiger partial charge in [-0.25, -0.2) is 0 Å². The van der Waals surface area contributed by atoms with Gasteiger partial charge in [-0.2, -0.15) is 0 Å². The molecular weight excluding hydrogens is 198 g/mol. The Morgan fingerprint density at radius 3 is 3.07 bits per heavy atom. The van der Waals surface area contributed by atoms with Crippen LogP contribution in [0.15, 0.2) is 18.5 Å². The van der Waals surface area contributed by atoms with Gasteiger partial charge in [0.25, 0.3) is 5.91 Å². The minimum atomic E-state index is -0.149. The fourth-order valence-corrected chi connectivity index (χ4v) is 2.28. The molecule has 2 rings (SSSR count). The molecule has 0 radical (unpaired) electrons. The molecule has 0 saturated carbocycles. The predicted molar refractivity (Wildman–Crippen MR) is 57.4 cm³/mol. The van der Waals surface area contributed by atoms with Crippen LogP contribution in [0.2, 0.25) is 0 Å². The Kier molecular flexibility index (Phi) is 2.09. The number of nitrogen functional groups attached to an aromatic ring is 1. The van der Waals surface area contributed by atoms with Crippen LogP contribution in [0.5, 0.6) is 0 Å². The Hall–Kier alpha value is -1.62. The van der Waals surface area contributed by atoms with E-state index in [9.17, 15) is 4.79 Å². The number of carbonyl (C=O) groups is 1. The van der Waals surface area contributed by atoms with E-state index in [-0.39, 0.29) is 5.91 Å². The Labute approximate surface area is 84.8 Å². The van der Waals surface area contributed by atoms with Crippen LogP contribution in [0.25, 0.3) is 10.1 Å². The van der Waals surface area contributed by atoms with E-state index in [0.29, 0.717) is 10.6 Å². The van der Waals surface area contributed by atoms with Crippen molar-refractivity contribution in [2.24, 2.45) is 0 Å². The summed E-state index contributed by atoms with van der Waals surface area (Å²) >= 11 is 1.38. The zero-order valence-corrected chi connectivity index (χ0v) is 8.39. The number of rotatable bonds is 1. The summed E-state index contributed by atoms with van der Waals surface area (Å²) in [6.45, 7) is 0. The largest absolute Gasteiger partial charge is 0.397 e.